The van der Waals surface area contributed by atoms with Gasteiger partial charge in [0, 0.05) is 18.9 Å². The van der Waals surface area contributed by atoms with Crippen LogP contribution in [0.2, 0.25) is 0 Å². The van der Waals surface area contributed by atoms with E-state index in [4.69, 9.17) is 9.56 Å². The zero-order valence-corrected chi connectivity index (χ0v) is 13.3. The standard InChI is InChI=1S/C14H18N4O4S/c15-23(20,21)13-6-5-12(22-13)14(19)18-9-2-1-4-11(18)10-17-8-3-7-16-17/h3,5-8,11H,1-2,4,9-10H2,(H2,15,20,21). The van der Waals surface area contributed by atoms with Crippen molar-refractivity contribution < 1.29 is 17.6 Å². The van der Waals surface area contributed by atoms with Crippen molar-refractivity contribution in [2.75, 3.05) is 6.54 Å². The van der Waals surface area contributed by atoms with Crippen LogP contribution in [0.3, 0.4) is 0 Å². The quantitative estimate of drug-likeness (QED) is 0.887. The number of carbonyl (C=O) groups is 1. The number of aromatic nitrogens is 2. The molecule has 0 spiro atoms. The molecular formula is C14H18N4O4S. The molecule has 1 amide bonds. The zero-order valence-electron chi connectivity index (χ0n) is 12.5. The molecule has 3 rings (SSSR count). The number of primary sulfonamides is 1. The van der Waals surface area contributed by atoms with Crippen molar-refractivity contribution >= 4 is 15.9 Å². The smallest absolute Gasteiger partial charge is 0.289 e. The number of nitrogens with two attached hydrogens (primary N) is 1. The van der Waals surface area contributed by atoms with Gasteiger partial charge in [-0.15, -0.1) is 0 Å². The van der Waals surface area contributed by atoms with Gasteiger partial charge in [-0.1, -0.05) is 0 Å². The summed E-state index contributed by atoms with van der Waals surface area (Å²) >= 11 is 0. The lowest BCUT2D eigenvalue weighted by Crippen LogP contribution is -2.45. The van der Waals surface area contributed by atoms with Gasteiger partial charge < -0.3 is 9.32 Å². The number of likely N-dealkylation sites (tertiary alicyclic amines) is 1. The van der Waals surface area contributed by atoms with Gasteiger partial charge in [0.25, 0.3) is 15.9 Å². The van der Waals surface area contributed by atoms with Gasteiger partial charge in [-0.05, 0) is 37.5 Å². The molecule has 0 radical (unpaired) electrons. The Labute approximate surface area is 133 Å². The number of furan rings is 1. The second-order valence-electron chi connectivity index (χ2n) is 5.54. The van der Waals surface area contributed by atoms with Crippen LogP contribution in [0.15, 0.2) is 40.1 Å². The fourth-order valence-electron chi connectivity index (χ4n) is 2.81. The molecule has 1 unspecified atom stereocenters. The van der Waals surface area contributed by atoms with Gasteiger partial charge in [-0.3, -0.25) is 9.48 Å². The monoisotopic (exact) mass is 338 g/mol. The summed E-state index contributed by atoms with van der Waals surface area (Å²) in [5.41, 5.74) is 0. The SMILES string of the molecule is NS(=O)(=O)c1ccc(C(=O)N2CCCCC2Cn2cccn2)o1. The maximum absolute atomic E-state index is 12.6. The summed E-state index contributed by atoms with van der Waals surface area (Å²) in [7, 11) is -3.95. The lowest BCUT2D eigenvalue weighted by molar-refractivity contribution is 0.0546. The third-order valence-electron chi connectivity index (χ3n) is 3.92. The van der Waals surface area contributed by atoms with Crippen LogP contribution in [-0.4, -0.2) is 41.6 Å². The number of hydrogen-bond acceptors (Lipinski definition) is 5. The molecule has 9 heteroatoms. The predicted octanol–water partition coefficient (Wildman–Crippen LogP) is 0.818. The largest absolute Gasteiger partial charge is 0.438 e. The van der Waals surface area contributed by atoms with E-state index in [1.54, 1.807) is 15.8 Å². The highest BCUT2D eigenvalue weighted by Gasteiger charge is 2.30. The summed E-state index contributed by atoms with van der Waals surface area (Å²) in [6.07, 6.45) is 6.36. The fraction of sp³-hybridized carbons (Fsp3) is 0.429. The van der Waals surface area contributed by atoms with E-state index in [1.165, 1.54) is 12.1 Å². The Hall–Kier alpha value is -2.13. The van der Waals surface area contributed by atoms with Crippen LogP contribution >= 0.6 is 0 Å². The van der Waals surface area contributed by atoms with Gasteiger partial charge >= 0.3 is 0 Å². The van der Waals surface area contributed by atoms with E-state index >= 15 is 0 Å². The molecule has 3 heterocycles. The molecule has 1 aliphatic rings. The van der Waals surface area contributed by atoms with Crippen LogP contribution in [0.25, 0.3) is 0 Å². The third kappa shape index (κ3) is 3.45. The predicted molar refractivity (Wildman–Crippen MR) is 81.0 cm³/mol. The topological polar surface area (TPSA) is 111 Å². The third-order valence-corrected chi connectivity index (χ3v) is 4.70. The summed E-state index contributed by atoms with van der Waals surface area (Å²) in [4.78, 5) is 14.4. The summed E-state index contributed by atoms with van der Waals surface area (Å²) in [5.74, 6) is -0.335. The van der Waals surface area contributed by atoms with E-state index in [9.17, 15) is 13.2 Å². The molecule has 0 aliphatic carbocycles. The van der Waals surface area contributed by atoms with Gasteiger partial charge in [-0.2, -0.15) is 5.10 Å². The minimum Gasteiger partial charge on any atom is -0.438 e. The summed E-state index contributed by atoms with van der Waals surface area (Å²) in [6.45, 7) is 1.21. The van der Waals surface area contributed by atoms with Crippen LogP contribution in [-0.2, 0) is 16.6 Å². The average Bonchev–Trinajstić information content (AvgIpc) is 3.18. The van der Waals surface area contributed by atoms with Crippen molar-refractivity contribution in [1.29, 1.82) is 0 Å². The van der Waals surface area contributed by atoms with E-state index in [1.807, 2.05) is 12.3 Å². The highest BCUT2D eigenvalue weighted by atomic mass is 32.2. The number of sulfonamides is 1. The fourth-order valence-corrected chi connectivity index (χ4v) is 3.28. The Morgan fingerprint density at radius 2 is 2.22 bits per heavy atom. The van der Waals surface area contributed by atoms with Crippen molar-refractivity contribution in [3.05, 3.63) is 36.4 Å². The molecule has 124 valence electrons. The Morgan fingerprint density at radius 1 is 1.39 bits per heavy atom. The van der Waals surface area contributed by atoms with E-state index in [2.05, 4.69) is 5.10 Å². The first-order chi connectivity index (χ1) is 10.9. The molecule has 1 fully saturated rings. The second kappa shape index (κ2) is 6.17. The highest BCUT2D eigenvalue weighted by molar-refractivity contribution is 7.89. The minimum absolute atomic E-state index is 0.000756. The molecule has 8 nitrogen and oxygen atoms in total. The minimum atomic E-state index is -3.95. The van der Waals surface area contributed by atoms with Crippen molar-refractivity contribution in [3.8, 4) is 0 Å². The average molecular weight is 338 g/mol. The van der Waals surface area contributed by atoms with Gasteiger partial charge in [0.15, 0.2) is 5.76 Å². The van der Waals surface area contributed by atoms with Crippen LogP contribution in [0, 0.1) is 0 Å². The first-order valence-corrected chi connectivity index (χ1v) is 8.91. The van der Waals surface area contributed by atoms with Gasteiger partial charge in [-0.25, -0.2) is 13.6 Å². The van der Waals surface area contributed by atoms with Crippen molar-refractivity contribution in [1.82, 2.24) is 14.7 Å². The Bertz CT molecular complexity index is 782. The number of amides is 1. The molecule has 2 aromatic rings. The molecule has 1 atom stereocenters. The molecular weight excluding hydrogens is 320 g/mol. The number of carbonyl (C=O) groups excluding carboxylic acids is 1. The lowest BCUT2D eigenvalue weighted by atomic mass is 10.0. The van der Waals surface area contributed by atoms with Crippen LogP contribution in [0.4, 0.5) is 0 Å². The first-order valence-electron chi connectivity index (χ1n) is 7.36. The number of nitrogens with zero attached hydrogens (tertiary/aromatic N) is 3. The maximum atomic E-state index is 12.6. The van der Waals surface area contributed by atoms with Crippen molar-refractivity contribution in [2.45, 2.75) is 36.9 Å². The number of rotatable bonds is 4. The maximum Gasteiger partial charge on any atom is 0.289 e. The van der Waals surface area contributed by atoms with Crippen molar-refractivity contribution in [3.63, 3.8) is 0 Å². The molecule has 0 aromatic carbocycles. The molecule has 2 N–H and O–H groups in total. The summed E-state index contributed by atoms with van der Waals surface area (Å²) < 4.78 is 29.4. The lowest BCUT2D eigenvalue weighted by Gasteiger charge is -2.35. The number of piperidine rings is 1. The van der Waals surface area contributed by atoms with Crippen LogP contribution < -0.4 is 5.14 Å². The Balaban J connectivity index is 1.79. The molecule has 2 aromatic heterocycles. The molecule has 0 bridgehead atoms. The summed E-state index contributed by atoms with van der Waals surface area (Å²) in [5, 5.41) is 8.78. The summed E-state index contributed by atoms with van der Waals surface area (Å²) in [6, 6.07) is 4.38. The zero-order chi connectivity index (χ0) is 16.4. The Morgan fingerprint density at radius 3 is 2.87 bits per heavy atom. The number of hydrogen-bond donors (Lipinski definition) is 1. The molecule has 0 saturated carbocycles. The molecule has 23 heavy (non-hydrogen) atoms. The van der Waals surface area contributed by atoms with Crippen LogP contribution in [0.5, 0.6) is 0 Å². The van der Waals surface area contributed by atoms with E-state index in [0.717, 1.165) is 19.3 Å². The second-order valence-corrected chi connectivity index (χ2v) is 7.03. The normalized spacial score (nSPS) is 19.0. The molecule has 1 aliphatic heterocycles. The Kier molecular flexibility index (Phi) is 4.22. The van der Waals surface area contributed by atoms with E-state index < -0.39 is 15.1 Å². The van der Waals surface area contributed by atoms with E-state index in [-0.39, 0.29) is 17.7 Å². The van der Waals surface area contributed by atoms with Gasteiger partial charge in [0.1, 0.15) is 0 Å². The van der Waals surface area contributed by atoms with Crippen LogP contribution in [0.1, 0.15) is 29.8 Å². The molecule has 1 saturated heterocycles. The van der Waals surface area contributed by atoms with Gasteiger partial charge in [0.2, 0.25) is 5.09 Å². The first kappa shape index (κ1) is 15.8. The van der Waals surface area contributed by atoms with E-state index in [0.29, 0.717) is 13.1 Å². The highest BCUT2D eigenvalue weighted by Crippen LogP contribution is 2.22. The van der Waals surface area contributed by atoms with Crippen molar-refractivity contribution in [2.24, 2.45) is 5.14 Å². The van der Waals surface area contributed by atoms with Gasteiger partial charge in [0.05, 0.1) is 12.6 Å².